The number of anilines is 1. The Hall–Kier alpha value is -3.00. The first-order valence-electron chi connectivity index (χ1n) is 11.6. The molecule has 0 aliphatic carbocycles. The highest BCUT2D eigenvalue weighted by atomic mass is 16.5. The molecular formula is C26H33N5O2. The van der Waals surface area contributed by atoms with Crippen LogP contribution in [0.15, 0.2) is 48.5 Å². The van der Waals surface area contributed by atoms with Gasteiger partial charge in [0.1, 0.15) is 11.6 Å². The normalized spacial score (nSPS) is 14.4. The quantitative estimate of drug-likeness (QED) is 0.372. The zero-order valence-corrected chi connectivity index (χ0v) is 19.4. The van der Waals surface area contributed by atoms with Crippen molar-refractivity contribution in [1.82, 2.24) is 20.6 Å². The lowest BCUT2D eigenvalue weighted by Gasteiger charge is -2.25. The van der Waals surface area contributed by atoms with E-state index < -0.39 is 0 Å². The third-order valence-electron chi connectivity index (χ3n) is 5.91. The van der Waals surface area contributed by atoms with Gasteiger partial charge < -0.3 is 25.8 Å². The molecule has 4 N–H and O–H groups in total. The Morgan fingerprint density at radius 3 is 2.55 bits per heavy atom. The summed E-state index contributed by atoms with van der Waals surface area (Å²) in [5.74, 6) is 1.78. The summed E-state index contributed by atoms with van der Waals surface area (Å²) in [5, 5.41) is 20.0. The molecule has 0 atom stereocenters. The Morgan fingerprint density at radius 1 is 1.00 bits per heavy atom. The van der Waals surface area contributed by atoms with Gasteiger partial charge in [-0.05, 0) is 62.7 Å². The van der Waals surface area contributed by atoms with E-state index >= 15 is 0 Å². The fourth-order valence-electron chi connectivity index (χ4n) is 3.99. The number of phenolic OH excluding ortho intramolecular Hbond substituents is 1. The number of likely N-dealkylation sites (N-methyl/N-ethyl adjacent to an activating group) is 1. The van der Waals surface area contributed by atoms with Crippen molar-refractivity contribution in [2.24, 2.45) is 0 Å². The van der Waals surface area contributed by atoms with Gasteiger partial charge in [0.15, 0.2) is 5.82 Å². The third kappa shape index (κ3) is 6.07. The van der Waals surface area contributed by atoms with Gasteiger partial charge in [0.25, 0.3) is 0 Å². The predicted molar refractivity (Wildman–Crippen MR) is 132 cm³/mol. The number of hydrogen-bond acceptors (Lipinski definition) is 7. The minimum Gasteiger partial charge on any atom is -0.508 e. The molecule has 0 bridgehead atoms. The highest BCUT2D eigenvalue weighted by Gasteiger charge is 2.19. The third-order valence-corrected chi connectivity index (χ3v) is 5.91. The summed E-state index contributed by atoms with van der Waals surface area (Å²) in [5.41, 5.74) is 5.00. The van der Waals surface area contributed by atoms with E-state index in [0.29, 0.717) is 11.9 Å². The van der Waals surface area contributed by atoms with Gasteiger partial charge in [0.2, 0.25) is 0 Å². The number of aromatic hydroxyl groups is 1. The molecular weight excluding hydrogens is 414 g/mol. The van der Waals surface area contributed by atoms with Gasteiger partial charge in [-0.1, -0.05) is 18.2 Å². The van der Waals surface area contributed by atoms with Crippen LogP contribution >= 0.6 is 0 Å². The summed E-state index contributed by atoms with van der Waals surface area (Å²) in [6.07, 6.45) is 1.92. The lowest BCUT2D eigenvalue weighted by Crippen LogP contribution is -2.28. The molecule has 0 unspecified atom stereocenters. The van der Waals surface area contributed by atoms with Crippen LogP contribution in [-0.4, -0.2) is 54.5 Å². The molecule has 0 saturated carbocycles. The van der Waals surface area contributed by atoms with E-state index in [1.165, 1.54) is 5.56 Å². The van der Waals surface area contributed by atoms with Crippen LogP contribution in [0, 0.1) is 6.92 Å². The van der Waals surface area contributed by atoms with E-state index in [0.717, 1.165) is 73.9 Å². The van der Waals surface area contributed by atoms with Crippen LogP contribution in [0.1, 0.15) is 24.0 Å². The van der Waals surface area contributed by atoms with E-state index in [1.54, 1.807) is 12.1 Å². The van der Waals surface area contributed by atoms with E-state index in [2.05, 4.69) is 47.1 Å². The highest BCUT2D eigenvalue weighted by molar-refractivity contribution is 5.72. The predicted octanol–water partition coefficient (Wildman–Crippen LogP) is 3.72. The Balaban J connectivity index is 1.68. The first-order chi connectivity index (χ1) is 16.1. The van der Waals surface area contributed by atoms with Crippen molar-refractivity contribution < 1.29 is 9.84 Å². The van der Waals surface area contributed by atoms with Crippen molar-refractivity contribution in [3.8, 4) is 28.4 Å². The standard InChI is InChI=1S/C26H33N5O2/c1-18-24(20-6-8-23(32)9-7-20)30-26(31-25(18)29-22-10-14-33-15-11-22)21-5-3-4-19(16-21)17-28-13-12-27-2/h3-9,16,22,27-28,32H,10-15,17H2,1-2H3,(H,29,30,31). The molecule has 0 radical (unpaired) electrons. The number of rotatable bonds is 9. The molecule has 1 aliphatic rings. The molecule has 1 fully saturated rings. The average Bonchev–Trinajstić information content (AvgIpc) is 2.85. The number of nitrogens with one attached hydrogen (secondary N) is 3. The lowest BCUT2D eigenvalue weighted by atomic mass is 10.0. The summed E-state index contributed by atoms with van der Waals surface area (Å²) in [7, 11) is 1.95. The van der Waals surface area contributed by atoms with Crippen LogP contribution in [0.4, 0.5) is 5.82 Å². The maximum Gasteiger partial charge on any atom is 0.162 e. The smallest absolute Gasteiger partial charge is 0.162 e. The fraction of sp³-hybridized carbons (Fsp3) is 0.385. The van der Waals surface area contributed by atoms with Crippen molar-refractivity contribution in [3.63, 3.8) is 0 Å². The maximum absolute atomic E-state index is 9.74. The fourth-order valence-corrected chi connectivity index (χ4v) is 3.99. The number of phenols is 1. The molecule has 33 heavy (non-hydrogen) atoms. The molecule has 1 aromatic heterocycles. The minimum absolute atomic E-state index is 0.240. The van der Waals surface area contributed by atoms with Crippen molar-refractivity contribution in [1.29, 1.82) is 0 Å². The summed E-state index contributed by atoms with van der Waals surface area (Å²) in [6, 6.07) is 15.9. The first-order valence-corrected chi connectivity index (χ1v) is 11.6. The van der Waals surface area contributed by atoms with Crippen LogP contribution in [0.2, 0.25) is 0 Å². The van der Waals surface area contributed by atoms with E-state index in [-0.39, 0.29) is 5.75 Å². The van der Waals surface area contributed by atoms with E-state index in [9.17, 15) is 5.11 Å². The summed E-state index contributed by atoms with van der Waals surface area (Å²) >= 11 is 0. The van der Waals surface area contributed by atoms with Gasteiger partial charge in [-0.3, -0.25) is 0 Å². The number of aromatic nitrogens is 2. The molecule has 4 rings (SSSR count). The van der Waals surface area contributed by atoms with Crippen LogP contribution in [0.5, 0.6) is 5.75 Å². The zero-order chi connectivity index (χ0) is 23.0. The number of hydrogen-bond donors (Lipinski definition) is 4. The van der Waals surface area contributed by atoms with Gasteiger partial charge in [-0.25, -0.2) is 9.97 Å². The van der Waals surface area contributed by atoms with Crippen molar-refractivity contribution in [2.75, 3.05) is 38.7 Å². The van der Waals surface area contributed by atoms with Crippen LogP contribution in [0.25, 0.3) is 22.6 Å². The highest BCUT2D eigenvalue weighted by Crippen LogP contribution is 2.31. The van der Waals surface area contributed by atoms with Crippen molar-refractivity contribution in [2.45, 2.75) is 32.4 Å². The lowest BCUT2D eigenvalue weighted by molar-refractivity contribution is 0.0904. The molecule has 1 aliphatic heterocycles. The average molecular weight is 448 g/mol. The van der Waals surface area contributed by atoms with Gasteiger partial charge in [-0.2, -0.15) is 0 Å². The Labute approximate surface area is 195 Å². The van der Waals surface area contributed by atoms with Gasteiger partial charge in [0.05, 0.1) is 5.69 Å². The molecule has 3 aromatic rings. The molecule has 0 spiro atoms. The second-order valence-electron chi connectivity index (χ2n) is 8.43. The largest absolute Gasteiger partial charge is 0.508 e. The first kappa shape index (κ1) is 23.2. The SMILES string of the molecule is CNCCNCc1cccc(-c2nc(NC3CCOCC3)c(C)c(-c3ccc(O)cc3)n2)c1. The van der Waals surface area contributed by atoms with E-state index in [4.69, 9.17) is 14.7 Å². The van der Waals surface area contributed by atoms with Crippen LogP contribution in [-0.2, 0) is 11.3 Å². The van der Waals surface area contributed by atoms with Crippen molar-refractivity contribution >= 4 is 5.82 Å². The van der Waals surface area contributed by atoms with Crippen LogP contribution < -0.4 is 16.0 Å². The van der Waals surface area contributed by atoms with Crippen LogP contribution in [0.3, 0.4) is 0 Å². The van der Waals surface area contributed by atoms with Gasteiger partial charge >= 0.3 is 0 Å². The molecule has 2 aromatic carbocycles. The number of benzene rings is 2. The molecule has 0 amide bonds. The van der Waals surface area contributed by atoms with Gasteiger partial charge in [0, 0.05) is 55.6 Å². The Kier molecular flexibility index (Phi) is 7.88. The van der Waals surface area contributed by atoms with Crippen molar-refractivity contribution in [3.05, 3.63) is 59.7 Å². The summed E-state index contributed by atoms with van der Waals surface area (Å²) in [4.78, 5) is 9.91. The molecule has 2 heterocycles. The zero-order valence-electron chi connectivity index (χ0n) is 19.4. The second kappa shape index (κ2) is 11.2. The minimum atomic E-state index is 0.240. The van der Waals surface area contributed by atoms with E-state index in [1.807, 2.05) is 19.2 Å². The molecule has 174 valence electrons. The molecule has 7 heteroatoms. The monoisotopic (exact) mass is 447 g/mol. The maximum atomic E-state index is 9.74. The number of nitrogens with zero attached hydrogens (tertiary/aromatic N) is 2. The number of ether oxygens (including phenoxy) is 1. The molecule has 7 nitrogen and oxygen atoms in total. The summed E-state index contributed by atoms with van der Waals surface area (Å²) < 4.78 is 5.52. The summed E-state index contributed by atoms with van der Waals surface area (Å²) in [6.45, 7) is 6.21. The topological polar surface area (TPSA) is 91.3 Å². The van der Waals surface area contributed by atoms with Gasteiger partial charge in [-0.15, -0.1) is 0 Å². The molecule has 1 saturated heterocycles. The Morgan fingerprint density at radius 2 is 1.79 bits per heavy atom. The Bertz CT molecular complexity index is 1050. The second-order valence-corrected chi connectivity index (χ2v) is 8.43.